The minimum absolute atomic E-state index is 0. The van der Waals surface area contributed by atoms with E-state index in [1.807, 2.05) is 6.92 Å². The van der Waals surface area contributed by atoms with Crippen molar-refractivity contribution in [3.8, 4) is 0 Å². The third-order valence-electron chi connectivity index (χ3n) is 1.43. The fourth-order valence-corrected chi connectivity index (χ4v) is 1.61. The SMILES string of the molecule is Cc1ccc(S(=O)(=O)NCl)cc1.NC(=O)O.[H-].[Na+]. The van der Waals surface area contributed by atoms with Gasteiger partial charge in [0.1, 0.15) is 0 Å². The van der Waals surface area contributed by atoms with Crippen LogP contribution in [0.25, 0.3) is 0 Å². The first-order valence-corrected chi connectivity index (χ1v) is 5.83. The topological polar surface area (TPSA) is 109 Å². The van der Waals surface area contributed by atoms with Crippen LogP contribution in [0, 0.1) is 6.92 Å². The summed E-state index contributed by atoms with van der Waals surface area (Å²) in [7, 11) is -3.50. The normalized spacial score (nSPS) is 9.53. The van der Waals surface area contributed by atoms with E-state index in [1.165, 1.54) is 12.1 Å². The number of primary amides is 1. The van der Waals surface area contributed by atoms with E-state index in [-0.39, 0.29) is 35.9 Å². The Labute approximate surface area is 128 Å². The molecule has 0 bridgehead atoms. The Kier molecular flexibility index (Phi) is 9.78. The van der Waals surface area contributed by atoms with Gasteiger partial charge < -0.3 is 12.3 Å². The quantitative estimate of drug-likeness (QED) is 0.439. The Morgan fingerprint density at radius 3 is 2.06 bits per heavy atom. The van der Waals surface area contributed by atoms with Gasteiger partial charge in [-0.25, -0.2) is 13.2 Å². The Morgan fingerprint density at radius 2 is 1.76 bits per heavy atom. The Bertz CT molecular complexity index is 451. The zero-order chi connectivity index (χ0) is 12.8. The molecule has 0 aromatic heterocycles. The molecule has 1 amide bonds. The van der Waals surface area contributed by atoms with Crippen molar-refractivity contribution in [1.82, 2.24) is 4.24 Å². The third kappa shape index (κ3) is 8.42. The summed E-state index contributed by atoms with van der Waals surface area (Å²) in [5.74, 6) is 0. The van der Waals surface area contributed by atoms with Gasteiger partial charge in [-0.1, -0.05) is 17.7 Å². The van der Waals surface area contributed by atoms with Gasteiger partial charge in [-0.2, -0.15) is 0 Å². The van der Waals surface area contributed by atoms with Gasteiger partial charge in [-0.15, -0.1) is 4.24 Å². The molecule has 1 rings (SSSR count). The zero-order valence-corrected chi connectivity index (χ0v) is 12.9. The molecule has 1 aromatic carbocycles. The van der Waals surface area contributed by atoms with Crippen LogP contribution < -0.4 is 39.5 Å². The van der Waals surface area contributed by atoms with E-state index < -0.39 is 16.1 Å². The standard InChI is InChI=1S/C7H8ClNO2S.CH3NO2.Na.H/c1-6-2-4-7(5-3-6)12(10,11)9-8;2-1(3)4;;/h2-5,9H,1H3;2H2,(H,3,4);;/q;;+1;-1. The molecular weight excluding hydrogens is 279 g/mol. The number of nitrogens with one attached hydrogen (secondary N) is 1. The van der Waals surface area contributed by atoms with Crippen LogP contribution >= 0.6 is 11.8 Å². The number of aryl methyl sites for hydroxylation is 1. The minimum Gasteiger partial charge on any atom is -1.00 e. The Morgan fingerprint density at radius 1 is 1.41 bits per heavy atom. The van der Waals surface area contributed by atoms with Gasteiger partial charge in [0.15, 0.2) is 0 Å². The van der Waals surface area contributed by atoms with E-state index in [1.54, 1.807) is 16.4 Å². The number of nitrogens with two attached hydrogens (primary N) is 1. The number of hydrogen-bond acceptors (Lipinski definition) is 3. The fraction of sp³-hybridized carbons (Fsp3) is 0.125. The molecule has 92 valence electrons. The first kappa shape index (κ1) is 19.0. The Balaban J connectivity index is -0.000000332. The van der Waals surface area contributed by atoms with Crippen molar-refractivity contribution in [2.24, 2.45) is 5.73 Å². The summed E-state index contributed by atoms with van der Waals surface area (Å²) >= 11 is 5.03. The van der Waals surface area contributed by atoms with E-state index in [0.717, 1.165) is 5.56 Å². The van der Waals surface area contributed by atoms with Crippen molar-refractivity contribution in [3.63, 3.8) is 0 Å². The van der Waals surface area contributed by atoms with E-state index in [0.29, 0.717) is 0 Å². The van der Waals surface area contributed by atoms with Gasteiger partial charge in [0.2, 0.25) is 0 Å². The van der Waals surface area contributed by atoms with Crippen LogP contribution in [-0.2, 0) is 10.0 Å². The zero-order valence-electron chi connectivity index (χ0n) is 10.3. The molecular formula is C8H12ClN2NaO4S. The van der Waals surface area contributed by atoms with Crippen LogP contribution in [0.4, 0.5) is 4.79 Å². The molecule has 6 nitrogen and oxygen atoms in total. The molecule has 0 aliphatic rings. The van der Waals surface area contributed by atoms with Crippen molar-refractivity contribution in [3.05, 3.63) is 29.8 Å². The summed E-state index contributed by atoms with van der Waals surface area (Å²) in [6.07, 6.45) is -1.33. The fourth-order valence-electron chi connectivity index (χ4n) is 0.762. The predicted octanol–water partition coefficient (Wildman–Crippen LogP) is -1.83. The van der Waals surface area contributed by atoms with E-state index >= 15 is 0 Å². The molecule has 1 aromatic rings. The molecule has 0 fully saturated rings. The van der Waals surface area contributed by atoms with Crippen molar-refractivity contribution in [2.75, 3.05) is 0 Å². The maximum Gasteiger partial charge on any atom is 1.00 e. The number of amides is 1. The van der Waals surface area contributed by atoms with E-state index in [4.69, 9.17) is 21.7 Å². The maximum absolute atomic E-state index is 11.1. The molecule has 0 spiro atoms. The van der Waals surface area contributed by atoms with Crippen molar-refractivity contribution in [1.29, 1.82) is 0 Å². The monoisotopic (exact) mass is 290 g/mol. The van der Waals surface area contributed by atoms with Crippen LogP contribution in [-0.4, -0.2) is 19.6 Å². The molecule has 4 N–H and O–H groups in total. The molecule has 0 aliphatic carbocycles. The largest absolute Gasteiger partial charge is 1.00 e. The molecule has 0 saturated carbocycles. The third-order valence-corrected chi connectivity index (χ3v) is 3.14. The van der Waals surface area contributed by atoms with E-state index in [9.17, 15) is 8.42 Å². The van der Waals surface area contributed by atoms with Gasteiger partial charge in [-0.3, -0.25) is 0 Å². The number of carbonyl (C=O) groups is 1. The smallest absolute Gasteiger partial charge is 1.00 e. The average molecular weight is 291 g/mol. The summed E-state index contributed by atoms with van der Waals surface area (Å²) in [6.45, 7) is 1.88. The average Bonchev–Trinajstić information content (AvgIpc) is 2.17. The molecule has 9 heteroatoms. The van der Waals surface area contributed by atoms with Crippen molar-refractivity contribution in [2.45, 2.75) is 11.8 Å². The van der Waals surface area contributed by atoms with Gasteiger partial charge in [0.05, 0.1) is 4.90 Å². The molecule has 0 radical (unpaired) electrons. The van der Waals surface area contributed by atoms with Crippen LogP contribution in [0.1, 0.15) is 6.99 Å². The first-order chi connectivity index (χ1) is 7.29. The summed E-state index contributed by atoms with van der Waals surface area (Å²) in [5, 5.41) is 7.19. The maximum atomic E-state index is 11.1. The van der Waals surface area contributed by atoms with Crippen LogP contribution in [0.15, 0.2) is 29.2 Å². The van der Waals surface area contributed by atoms with Gasteiger partial charge >= 0.3 is 35.7 Å². The van der Waals surface area contributed by atoms with Crippen molar-refractivity contribution >= 4 is 27.9 Å². The summed E-state index contributed by atoms with van der Waals surface area (Å²) in [5.41, 5.74) is 5.03. The number of benzene rings is 1. The molecule has 0 atom stereocenters. The van der Waals surface area contributed by atoms with Crippen LogP contribution in [0.2, 0.25) is 0 Å². The van der Waals surface area contributed by atoms with Crippen molar-refractivity contribution < 1.29 is 49.3 Å². The summed E-state index contributed by atoms with van der Waals surface area (Å²) in [6, 6.07) is 6.42. The second-order valence-corrected chi connectivity index (χ2v) is 4.83. The molecule has 0 aliphatic heterocycles. The van der Waals surface area contributed by atoms with Crippen LogP contribution in [0.3, 0.4) is 0 Å². The van der Waals surface area contributed by atoms with Crippen LogP contribution in [0.5, 0.6) is 0 Å². The molecule has 0 unspecified atom stereocenters. The minimum atomic E-state index is -3.50. The summed E-state index contributed by atoms with van der Waals surface area (Å²) in [4.78, 5) is 8.95. The molecule has 0 saturated heterocycles. The van der Waals surface area contributed by atoms with E-state index in [2.05, 4.69) is 5.73 Å². The molecule has 17 heavy (non-hydrogen) atoms. The van der Waals surface area contributed by atoms with Gasteiger partial charge in [0.25, 0.3) is 10.0 Å². The van der Waals surface area contributed by atoms with Gasteiger partial charge in [0, 0.05) is 0 Å². The second-order valence-electron chi connectivity index (χ2n) is 2.73. The van der Waals surface area contributed by atoms with Gasteiger partial charge in [-0.05, 0) is 30.8 Å². The first-order valence-electron chi connectivity index (χ1n) is 3.97. The summed E-state index contributed by atoms with van der Waals surface area (Å²) < 4.78 is 23.9. The predicted molar refractivity (Wildman–Crippen MR) is 60.7 cm³/mol. The number of sulfonamides is 1. The molecule has 0 heterocycles. The number of hydrogen-bond donors (Lipinski definition) is 3. The Hall–Kier alpha value is -0.310. The number of halogens is 1. The number of carboxylic acid groups (broad SMARTS) is 1. The number of rotatable bonds is 2. The second kappa shape index (κ2) is 8.73.